The highest BCUT2D eigenvalue weighted by Gasteiger charge is 2.45. The van der Waals surface area contributed by atoms with Gasteiger partial charge in [-0.1, -0.05) is 0 Å². The van der Waals surface area contributed by atoms with Crippen LogP contribution in [0.25, 0.3) is 0 Å². The Kier molecular flexibility index (Phi) is 7.17. The molecule has 19 heteroatoms. The fourth-order valence-electron chi connectivity index (χ4n) is 3.09. The highest BCUT2D eigenvalue weighted by atomic mass is 32.2. The minimum atomic E-state index is -4.75. The number of likely N-dealkylation sites (N-methyl/N-ethyl adjacent to an activating group) is 1. The van der Waals surface area contributed by atoms with E-state index >= 15 is 0 Å². The summed E-state index contributed by atoms with van der Waals surface area (Å²) in [5.41, 5.74) is 0. The van der Waals surface area contributed by atoms with E-state index in [1.54, 1.807) is 13.8 Å². The summed E-state index contributed by atoms with van der Waals surface area (Å²) in [6, 6.07) is -3.61. The molecule has 2 unspecified atom stereocenters. The summed E-state index contributed by atoms with van der Waals surface area (Å²) in [6.07, 6.45) is 0. The normalized spacial score (nSPS) is 22.6. The third-order valence-corrected chi connectivity index (χ3v) is 7.16. The van der Waals surface area contributed by atoms with Gasteiger partial charge in [0.1, 0.15) is 12.1 Å². The Hall–Kier alpha value is -3.19. The molecule has 3 N–H and O–H groups in total. The number of imide groups is 1. The highest BCUT2D eigenvalue weighted by Crippen LogP contribution is 2.32. The average Bonchev–Trinajstić information content (AvgIpc) is 3.20. The number of carbonyl (C=O) groups is 5. The maximum atomic E-state index is 12.8. The molecule has 0 aliphatic carbocycles. The molecule has 0 spiro atoms. The van der Waals surface area contributed by atoms with E-state index in [2.05, 4.69) is 31.3 Å². The average molecular weight is 520 g/mol. The van der Waals surface area contributed by atoms with Crippen LogP contribution in [0, 0.1) is 0 Å². The van der Waals surface area contributed by atoms with E-state index in [1.165, 1.54) is 4.90 Å². The van der Waals surface area contributed by atoms with Gasteiger partial charge in [-0.05, 0) is 24.3 Å². The topological polar surface area (TPSA) is 223 Å². The second-order valence-corrected chi connectivity index (χ2v) is 10.1. The molecular formula is C15H21N9O8S2. The van der Waals surface area contributed by atoms with Crippen LogP contribution >= 0.6 is 11.8 Å². The smallest absolute Gasteiger partial charge is 0.341 e. The first-order chi connectivity index (χ1) is 15.9. The van der Waals surface area contributed by atoms with Crippen molar-refractivity contribution < 1.29 is 36.9 Å². The number of rotatable bonds is 8. The summed E-state index contributed by atoms with van der Waals surface area (Å²) >= 11 is 0.969. The Morgan fingerprint density at radius 3 is 2.41 bits per heavy atom. The van der Waals surface area contributed by atoms with E-state index in [4.69, 9.17) is 4.55 Å². The van der Waals surface area contributed by atoms with E-state index in [1.807, 2.05) is 0 Å². The van der Waals surface area contributed by atoms with Gasteiger partial charge in [0.15, 0.2) is 0 Å². The molecule has 0 aromatic heterocycles. The third kappa shape index (κ3) is 5.30. The van der Waals surface area contributed by atoms with Gasteiger partial charge < -0.3 is 15.5 Å². The van der Waals surface area contributed by atoms with Crippen LogP contribution in [0.3, 0.4) is 0 Å². The van der Waals surface area contributed by atoms with Gasteiger partial charge in [0, 0.05) is 25.4 Å². The van der Waals surface area contributed by atoms with Crippen LogP contribution in [-0.4, -0.2) is 106 Å². The summed E-state index contributed by atoms with van der Waals surface area (Å²) < 4.78 is 31.3. The molecule has 0 bridgehead atoms. The number of nitrogens with one attached hydrogen (secondary N) is 2. The number of thioether (sulfide) groups is 1. The maximum absolute atomic E-state index is 12.8. The van der Waals surface area contributed by atoms with Gasteiger partial charge in [0.05, 0.1) is 6.54 Å². The molecule has 0 aromatic rings. The first kappa shape index (κ1) is 25.4. The van der Waals surface area contributed by atoms with E-state index in [0.29, 0.717) is 11.4 Å². The number of hydrogen-bond donors (Lipinski definition) is 3. The number of urea groups is 1. The quantitative estimate of drug-likeness (QED) is 0.185. The summed E-state index contributed by atoms with van der Waals surface area (Å²) in [5.74, 6) is -4.01. The number of piperazine rings is 1. The Morgan fingerprint density at radius 2 is 1.85 bits per heavy atom. The van der Waals surface area contributed by atoms with Crippen LogP contribution < -0.4 is 10.6 Å². The van der Waals surface area contributed by atoms with Gasteiger partial charge in [-0.3, -0.25) is 28.6 Å². The number of hydrogen-bond acceptors (Lipinski definition) is 12. The lowest BCUT2D eigenvalue weighted by molar-refractivity contribution is -0.153. The lowest BCUT2D eigenvalue weighted by Crippen LogP contribution is -2.67. The molecule has 3 heterocycles. The Morgan fingerprint density at radius 1 is 1.21 bits per heavy atom. The molecule has 2 atom stereocenters. The first-order valence-electron chi connectivity index (χ1n) is 9.85. The molecular weight excluding hydrogens is 498 g/mol. The lowest BCUT2D eigenvalue weighted by Gasteiger charge is -2.36. The van der Waals surface area contributed by atoms with E-state index in [0.717, 1.165) is 11.8 Å². The van der Waals surface area contributed by atoms with Crippen molar-refractivity contribution in [3.63, 3.8) is 0 Å². The van der Waals surface area contributed by atoms with Crippen molar-refractivity contribution >= 4 is 51.7 Å². The van der Waals surface area contributed by atoms with Crippen molar-refractivity contribution in [3.05, 3.63) is 0 Å². The molecule has 2 fully saturated rings. The molecule has 0 saturated carbocycles. The van der Waals surface area contributed by atoms with Crippen LogP contribution in [-0.2, 0) is 29.5 Å². The van der Waals surface area contributed by atoms with Gasteiger partial charge in [0.2, 0.25) is 10.9 Å². The fraction of sp³-hybridized carbons (Fsp3) is 0.667. The monoisotopic (exact) mass is 519 g/mol. The third-order valence-electron chi connectivity index (χ3n) is 5.06. The lowest BCUT2D eigenvalue weighted by atomic mass is 10.1. The first-order valence-corrected chi connectivity index (χ1v) is 12.2. The van der Waals surface area contributed by atoms with Gasteiger partial charge in [-0.2, -0.15) is 8.42 Å². The molecule has 17 nitrogen and oxygen atoms in total. The summed E-state index contributed by atoms with van der Waals surface area (Å²) in [5, 5.41) is 19.0. The molecule has 0 aromatic carbocycles. The van der Waals surface area contributed by atoms with Crippen LogP contribution in [0.4, 0.5) is 4.79 Å². The van der Waals surface area contributed by atoms with Crippen LogP contribution in [0.2, 0.25) is 0 Å². The predicted molar refractivity (Wildman–Crippen MR) is 112 cm³/mol. The molecule has 0 radical (unpaired) electrons. The van der Waals surface area contributed by atoms with Crippen molar-refractivity contribution in [2.75, 3.05) is 31.9 Å². The maximum Gasteiger partial charge on any atom is 0.362 e. The molecule has 34 heavy (non-hydrogen) atoms. The number of amides is 6. The predicted octanol–water partition coefficient (Wildman–Crippen LogP) is -1.87. The van der Waals surface area contributed by atoms with E-state index < -0.39 is 63.6 Å². The van der Waals surface area contributed by atoms with Crippen molar-refractivity contribution in [1.29, 1.82) is 0 Å². The van der Waals surface area contributed by atoms with Crippen LogP contribution in [0.15, 0.2) is 20.7 Å². The van der Waals surface area contributed by atoms with Crippen molar-refractivity contribution in [1.82, 2.24) is 24.7 Å². The zero-order valence-electron chi connectivity index (χ0n) is 17.9. The Labute approximate surface area is 197 Å². The minimum Gasteiger partial charge on any atom is -0.341 e. The fourth-order valence-corrected chi connectivity index (χ4v) is 4.69. The second kappa shape index (κ2) is 9.58. The largest absolute Gasteiger partial charge is 0.362 e. The molecule has 3 aliphatic heterocycles. The minimum absolute atomic E-state index is 0.0870. The molecule has 6 amide bonds. The summed E-state index contributed by atoms with van der Waals surface area (Å²) in [7, 11) is -4.75. The van der Waals surface area contributed by atoms with E-state index in [-0.39, 0.29) is 23.1 Å². The molecule has 186 valence electrons. The van der Waals surface area contributed by atoms with Crippen molar-refractivity contribution in [3.8, 4) is 0 Å². The van der Waals surface area contributed by atoms with Gasteiger partial charge in [-0.25, -0.2) is 9.10 Å². The van der Waals surface area contributed by atoms with Gasteiger partial charge in [0.25, 0.3) is 5.91 Å². The van der Waals surface area contributed by atoms with Gasteiger partial charge in [-0.15, -0.1) is 22.0 Å². The van der Waals surface area contributed by atoms with Gasteiger partial charge >= 0.3 is 28.1 Å². The number of carbonyl (C=O) groups excluding carboxylic acids is 5. The van der Waals surface area contributed by atoms with Crippen molar-refractivity contribution in [2.45, 2.75) is 30.9 Å². The number of nitrogens with zero attached hydrogens (tertiary/aromatic N) is 7. The summed E-state index contributed by atoms with van der Waals surface area (Å²) in [6.45, 7) is 3.06. The number of β-lactam (4-membered cyclic amide) rings is 1. The zero-order valence-corrected chi connectivity index (χ0v) is 19.6. The second-order valence-electron chi connectivity index (χ2n) is 7.38. The Bertz CT molecular complexity index is 1070. The highest BCUT2D eigenvalue weighted by molar-refractivity contribution is 8.00. The molecule has 3 rings (SSSR count). The van der Waals surface area contributed by atoms with Crippen LogP contribution in [0.1, 0.15) is 13.8 Å². The van der Waals surface area contributed by atoms with E-state index in [9.17, 15) is 32.4 Å². The standard InChI is InChI=1S/C15H21N9O8S2/c1-3-22-4-5-23(13(28)12(22)27)14(29)17-9(7-33-15(2)18-20-21-19-15)10(25)16-8-6-24(11(8)26)34(30,31)32/h8-9H,3-7H2,1-2H3,(H,16,25)(H,17,29)(H,30,31,32). The van der Waals surface area contributed by atoms with Crippen molar-refractivity contribution in [2.24, 2.45) is 20.7 Å². The molecule has 3 aliphatic rings. The Balaban J connectivity index is 1.69. The summed E-state index contributed by atoms with van der Waals surface area (Å²) in [4.78, 5) is 62.6. The SMILES string of the molecule is CCN1CCN(C(=O)NC(CSC2(C)N=NN=N2)C(=O)NC2CN(S(=O)(=O)O)C2=O)C(=O)C1=O. The zero-order chi connectivity index (χ0) is 25.3. The van der Waals surface area contributed by atoms with Crippen LogP contribution in [0.5, 0.6) is 0 Å². The molecule has 2 saturated heterocycles.